The van der Waals surface area contributed by atoms with Crippen molar-refractivity contribution in [1.29, 1.82) is 0 Å². The number of nitrogens with zero attached hydrogens (tertiary/aromatic N) is 1. The van der Waals surface area contributed by atoms with Gasteiger partial charge in [0.1, 0.15) is 0 Å². The van der Waals surface area contributed by atoms with E-state index in [2.05, 4.69) is 17.1 Å². The van der Waals surface area contributed by atoms with Crippen molar-refractivity contribution in [3.63, 3.8) is 0 Å². The van der Waals surface area contributed by atoms with E-state index in [1.54, 1.807) is 0 Å². The van der Waals surface area contributed by atoms with Crippen molar-refractivity contribution < 1.29 is 0 Å². The molecule has 0 aromatic heterocycles. The van der Waals surface area contributed by atoms with Crippen LogP contribution in [-0.2, 0) is 0 Å². The van der Waals surface area contributed by atoms with Crippen LogP contribution in [-0.4, -0.2) is 36.6 Å². The summed E-state index contributed by atoms with van der Waals surface area (Å²) in [6.07, 6.45) is 10.0. The molecule has 1 heterocycles. The van der Waals surface area contributed by atoms with Crippen molar-refractivity contribution in [2.24, 2.45) is 0 Å². The van der Waals surface area contributed by atoms with Crippen LogP contribution in [0.2, 0.25) is 0 Å². The summed E-state index contributed by atoms with van der Waals surface area (Å²) >= 11 is 0. The maximum absolute atomic E-state index is 3.62. The molecule has 0 aromatic carbocycles. The lowest BCUT2D eigenvalue weighted by atomic mass is 9.94. The first-order valence-corrected chi connectivity index (χ1v) is 6.87. The lowest BCUT2D eigenvalue weighted by Gasteiger charge is -2.35. The second-order valence-corrected chi connectivity index (χ2v) is 5.17. The highest BCUT2D eigenvalue weighted by Gasteiger charge is 2.23. The molecule has 88 valence electrons. The summed E-state index contributed by atoms with van der Waals surface area (Å²) < 4.78 is 0. The molecule has 0 radical (unpaired) electrons. The Kier molecular flexibility index (Phi) is 4.45. The number of hydrogen-bond donors (Lipinski definition) is 1. The van der Waals surface area contributed by atoms with E-state index in [1.165, 1.54) is 64.6 Å². The number of nitrogens with one attached hydrogen (secondary N) is 1. The van der Waals surface area contributed by atoms with Crippen LogP contribution >= 0.6 is 0 Å². The third kappa shape index (κ3) is 3.18. The van der Waals surface area contributed by atoms with Crippen LogP contribution in [0.3, 0.4) is 0 Å². The number of rotatable bonds is 4. The van der Waals surface area contributed by atoms with Gasteiger partial charge in [0.2, 0.25) is 0 Å². The van der Waals surface area contributed by atoms with Crippen LogP contribution in [0.25, 0.3) is 0 Å². The zero-order valence-electron chi connectivity index (χ0n) is 10.2. The van der Waals surface area contributed by atoms with Crippen LogP contribution in [0.1, 0.15) is 51.9 Å². The lowest BCUT2D eigenvalue weighted by molar-refractivity contribution is 0.151. The van der Waals surface area contributed by atoms with Crippen molar-refractivity contribution in [2.45, 2.75) is 64.0 Å². The normalized spacial score (nSPS) is 28.8. The maximum Gasteiger partial charge on any atom is 0.0195 e. The average molecular weight is 210 g/mol. The maximum atomic E-state index is 3.62. The Morgan fingerprint density at radius 3 is 2.47 bits per heavy atom. The first-order chi connectivity index (χ1) is 7.40. The van der Waals surface area contributed by atoms with Crippen molar-refractivity contribution in [1.82, 2.24) is 10.2 Å². The van der Waals surface area contributed by atoms with Crippen molar-refractivity contribution in [3.8, 4) is 0 Å². The van der Waals surface area contributed by atoms with Gasteiger partial charge in [-0.3, -0.25) is 4.90 Å². The van der Waals surface area contributed by atoms with Gasteiger partial charge in [-0.1, -0.05) is 26.2 Å². The molecule has 1 saturated carbocycles. The zero-order chi connectivity index (χ0) is 10.5. The van der Waals surface area contributed by atoms with E-state index in [1.807, 2.05) is 0 Å². The quantitative estimate of drug-likeness (QED) is 0.766. The van der Waals surface area contributed by atoms with E-state index in [0.717, 1.165) is 12.1 Å². The molecule has 2 fully saturated rings. The summed E-state index contributed by atoms with van der Waals surface area (Å²) in [6, 6.07) is 1.68. The molecule has 2 rings (SSSR count). The Hall–Kier alpha value is -0.0800. The van der Waals surface area contributed by atoms with Crippen LogP contribution in [0.15, 0.2) is 0 Å². The van der Waals surface area contributed by atoms with E-state index < -0.39 is 0 Å². The Balaban J connectivity index is 1.79. The van der Waals surface area contributed by atoms with Crippen LogP contribution in [0.5, 0.6) is 0 Å². The molecular formula is C13H26N2. The molecule has 1 saturated heterocycles. The van der Waals surface area contributed by atoms with Gasteiger partial charge in [-0.2, -0.15) is 0 Å². The summed E-state index contributed by atoms with van der Waals surface area (Å²) in [5.74, 6) is 0. The third-order valence-electron chi connectivity index (χ3n) is 4.11. The minimum atomic E-state index is 0.784. The van der Waals surface area contributed by atoms with Gasteiger partial charge in [0.05, 0.1) is 0 Å². The van der Waals surface area contributed by atoms with Gasteiger partial charge in [-0.15, -0.1) is 0 Å². The minimum Gasteiger partial charge on any atom is -0.313 e. The molecule has 1 unspecified atom stereocenters. The SMILES string of the molecule is CCN(CC1CCCN1)C1CCCCC1. The largest absolute Gasteiger partial charge is 0.313 e. The molecule has 15 heavy (non-hydrogen) atoms. The van der Waals surface area contributed by atoms with Crippen LogP contribution in [0, 0.1) is 0 Å². The zero-order valence-corrected chi connectivity index (χ0v) is 10.2. The molecule has 2 heteroatoms. The fourth-order valence-electron chi connectivity index (χ4n) is 3.18. The van der Waals surface area contributed by atoms with E-state index >= 15 is 0 Å². The van der Waals surface area contributed by atoms with E-state index in [9.17, 15) is 0 Å². The van der Waals surface area contributed by atoms with Crippen molar-refractivity contribution in [2.75, 3.05) is 19.6 Å². The van der Waals surface area contributed by atoms with Gasteiger partial charge in [0.15, 0.2) is 0 Å². The first-order valence-electron chi connectivity index (χ1n) is 6.87. The highest BCUT2D eigenvalue weighted by molar-refractivity contribution is 4.82. The molecule has 2 aliphatic rings. The molecule has 1 atom stereocenters. The topological polar surface area (TPSA) is 15.3 Å². The van der Waals surface area contributed by atoms with Gasteiger partial charge >= 0.3 is 0 Å². The lowest BCUT2D eigenvalue weighted by Crippen LogP contribution is -2.44. The van der Waals surface area contributed by atoms with Gasteiger partial charge in [0, 0.05) is 18.6 Å². The van der Waals surface area contributed by atoms with Gasteiger partial charge in [0.25, 0.3) is 0 Å². The fourth-order valence-corrected chi connectivity index (χ4v) is 3.18. The fraction of sp³-hybridized carbons (Fsp3) is 1.00. The average Bonchev–Trinajstić information content (AvgIpc) is 2.80. The second kappa shape index (κ2) is 5.86. The standard InChI is InChI=1S/C13H26N2/c1-2-15(11-12-7-6-10-14-12)13-8-4-3-5-9-13/h12-14H,2-11H2,1H3. The van der Waals surface area contributed by atoms with Gasteiger partial charge in [-0.05, 0) is 38.8 Å². The molecule has 1 aliphatic carbocycles. The molecule has 1 N–H and O–H groups in total. The minimum absolute atomic E-state index is 0.784. The predicted molar refractivity (Wildman–Crippen MR) is 65.1 cm³/mol. The highest BCUT2D eigenvalue weighted by Crippen LogP contribution is 2.23. The summed E-state index contributed by atoms with van der Waals surface area (Å²) in [7, 11) is 0. The summed E-state index contributed by atoms with van der Waals surface area (Å²) in [4.78, 5) is 2.72. The number of hydrogen-bond acceptors (Lipinski definition) is 2. The van der Waals surface area contributed by atoms with E-state index in [4.69, 9.17) is 0 Å². The molecule has 2 nitrogen and oxygen atoms in total. The Labute approximate surface area is 94.4 Å². The Morgan fingerprint density at radius 2 is 1.87 bits per heavy atom. The third-order valence-corrected chi connectivity index (χ3v) is 4.11. The summed E-state index contributed by atoms with van der Waals surface area (Å²) in [6.45, 7) is 6.10. The smallest absolute Gasteiger partial charge is 0.0195 e. The molecule has 0 amide bonds. The Morgan fingerprint density at radius 1 is 1.07 bits per heavy atom. The van der Waals surface area contributed by atoms with Crippen molar-refractivity contribution >= 4 is 0 Å². The van der Waals surface area contributed by atoms with Crippen LogP contribution in [0.4, 0.5) is 0 Å². The summed E-state index contributed by atoms with van der Waals surface area (Å²) in [5.41, 5.74) is 0. The van der Waals surface area contributed by atoms with Crippen LogP contribution < -0.4 is 5.32 Å². The molecule has 0 bridgehead atoms. The molecule has 1 aliphatic heterocycles. The van der Waals surface area contributed by atoms with Gasteiger partial charge in [-0.25, -0.2) is 0 Å². The molecule has 0 spiro atoms. The monoisotopic (exact) mass is 210 g/mol. The number of likely N-dealkylation sites (N-methyl/N-ethyl adjacent to an activating group) is 1. The van der Waals surface area contributed by atoms with E-state index in [-0.39, 0.29) is 0 Å². The Bertz CT molecular complexity index is 169. The molecular weight excluding hydrogens is 184 g/mol. The van der Waals surface area contributed by atoms with E-state index in [0.29, 0.717) is 0 Å². The predicted octanol–water partition coefficient (Wildman–Crippen LogP) is 2.39. The summed E-state index contributed by atoms with van der Waals surface area (Å²) in [5, 5.41) is 3.62. The molecule has 0 aromatic rings. The highest BCUT2D eigenvalue weighted by atomic mass is 15.2. The van der Waals surface area contributed by atoms with Gasteiger partial charge < -0.3 is 5.32 Å². The van der Waals surface area contributed by atoms with Crippen molar-refractivity contribution in [3.05, 3.63) is 0 Å². The first kappa shape index (κ1) is 11.4. The second-order valence-electron chi connectivity index (χ2n) is 5.17.